The van der Waals surface area contributed by atoms with Gasteiger partial charge >= 0.3 is 0 Å². The van der Waals surface area contributed by atoms with E-state index in [0.717, 1.165) is 0 Å². The Morgan fingerprint density at radius 3 is 2.88 bits per heavy atom. The summed E-state index contributed by atoms with van der Waals surface area (Å²) < 4.78 is 0.650. The highest BCUT2D eigenvalue weighted by Gasteiger charge is 2.30. The van der Waals surface area contributed by atoms with Gasteiger partial charge in [-0.1, -0.05) is 6.07 Å². The highest BCUT2D eigenvalue weighted by atomic mass is 79.9. The van der Waals surface area contributed by atoms with Crippen molar-refractivity contribution in [3.63, 3.8) is 0 Å². The van der Waals surface area contributed by atoms with Crippen molar-refractivity contribution in [1.29, 1.82) is 5.26 Å². The molecule has 1 aliphatic rings. The molecule has 0 spiro atoms. The number of anilines is 1. The number of hydrogen-bond acceptors (Lipinski definition) is 2. The predicted octanol–water partition coefficient (Wildman–Crippen LogP) is 2.66. The van der Waals surface area contributed by atoms with Crippen LogP contribution in [0, 0.1) is 11.3 Å². The third-order valence-electron chi connectivity index (χ3n) is 2.47. The monoisotopic (exact) mass is 298 g/mol. The highest BCUT2D eigenvalue weighted by molar-refractivity contribution is 9.10. The Morgan fingerprint density at radius 1 is 1.56 bits per heavy atom. The molecule has 5 heteroatoms. The van der Waals surface area contributed by atoms with Crippen molar-refractivity contribution < 1.29 is 4.79 Å². The Balaban J connectivity index is 2.42. The number of hydrogen-bond donors (Lipinski definition) is 0. The van der Waals surface area contributed by atoms with Crippen LogP contribution in [0.25, 0.3) is 0 Å². The van der Waals surface area contributed by atoms with Gasteiger partial charge in [-0.05, 0) is 28.1 Å². The number of halogens is 2. The van der Waals surface area contributed by atoms with Gasteiger partial charge < -0.3 is 4.90 Å². The molecule has 1 aromatic carbocycles. The minimum absolute atomic E-state index is 0.00390. The van der Waals surface area contributed by atoms with Crippen LogP contribution < -0.4 is 4.90 Å². The maximum atomic E-state index is 11.7. The quantitative estimate of drug-likeness (QED) is 0.748. The van der Waals surface area contributed by atoms with Gasteiger partial charge in [0.2, 0.25) is 5.91 Å². The predicted molar refractivity (Wildman–Crippen MR) is 65.5 cm³/mol. The Labute approximate surface area is 107 Å². The fourth-order valence-corrected chi connectivity index (χ4v) is 2.55. The molecule has 82 valence electrons. The maximum absolute atomic E-state index is 11.7. The number of alkyl halides is 1. The first-order valence-electron chi connectivity index (χ1n) is 4.76. The SMILES string of the molecule is N#Cc1cccc(N2CC(Cl)CC2=O)c1Br. The topological polar surface area (TPSA) is 44.1 Å². The fourth-order valence-electron chi connectivity index (χ4n) is 1.71. The van der Waals surface area contributed by atoms with Crippen LogP contribution in [0.4, 0.5) is 5.69 Å². The van der Waals surface area contributed by atoms with Crippen LogP contribution in [0.5, 0.6) is 0 Å². The maximum Gasteiger partial charge on any atom is 0.228 e. The number of benzene rings is 1. The van der Waals surface area contributed by atoms with Gasteiger partial charge in [0.15, 0.2) is 0 Å². The van der Waals surface area contributed by atoms with Crippen LogP contribution in [0.3, 0.4) is 0 Å². The fraction of sp³-hybridized carbons (Fsp3) is 0.273. The van der Waals surface area contributed by atoms with Crippen molar-refractivity contribution in [3.05, 3.63) is 28.2 Å². The second-order valence-electron chi connectivity index (χ2n) is 3.56. The summed E-state index contributed by atoms with van der Waals surface area (Å²) in [5.41, 5.74) is 1.23. The Morgan fingerprint density at radius 2 is 2.31 bits per heavy atom. The van der Waals surface area contributed by atoms with Crippen molar-refractivity contribution in [2.24, 2.45) is 0 Å². The van der Waals surface area contributed by atoms with E-state index >= 15 is 0 Å². The lowest BCUT2D eigenvalue weighted by Gasteiger charge is -2.17. The third-order valence-corrected chi connectivity index (χ3v) is 3.59. The summed E-state index contributed by atoms with van der Waals surface area (Å²) in [6, 6.07) is 7.33. The van der Waals surface area contributed by atoms with Crippen molar-refractivity contribution in [2.75, 3.05) is 11.4 Å². The summed E-state index contributed by atoms with van der Waals surface area (Å²) >= 11 is 9.27. The Hall–Kier alpha value is -1.05. The van der Waals surface area contributed by atoms with E-state index < -0.39 is 0 Å². The number of nitriles is 1. The van der Waals surface area contributed by atoms with Crippen LogP contribution in [0.2, 0.25) is 0 Å². The summed E-state index contributed by atoms with van der Waals surface area (Å²) in [5, 5.41) is 8.75. The zero-order chi connectivity index (χ0) is 11.7. The van der Waals surface area contributed by atoms with Gasteiger partial charge in [-0.25, -0.2) is 0 Å². The molecule has 1 amide bonds. The minimum Gasteiger partial charge on any atom is -0.310 e. The molecule has 0 N–H and O–H groups in total. The summed E-state index contributed by atoms with van der Waals surface area (Å²) in [6.07, 6.45) is 0.352. The lowest BCUT2D eigenvalue weighted by molar-refractivity contribution is -0.117. The van der Waals surface area contributed by atoms with Crippen molar-refractivity contribution in [2.45, 2.75) is 11.8 Å². The van der Waals surface area contributed by atoms with Gasteiger partial charge in [0.05, 0.1) is 21.1 Å². The number of amides is 1. The number of carbonyl (C=O) groups excluding carboxylic acids is 1. The van der Waals surface area contributed by atoms with Gasteiger partial charge in [0.25, 0.3) is 0 Å². The first-order chi connectivity index (χ1) is 7.63. The number of carbonyl (C=O) groups is 1. The average Bonchev–Trinajstić information content (AvgIpc) is 2.58. The van der Waals surface area contributed by atoms with Crippen LogP contribution in [0.15, 0.2) is 22.7 Å². The van der Waals surface area contributed by atoms with E-state index in [1.165, 1.54) is 0 Å². The van der Waals surface area contributed by atoms with E-state index in [4.69, 9.17) is 16.9 Å². The van der Waals surface area contributed by atoms with Gasteiger partial charge in [0.1, 0.15) is 6.07 Å². The first kappa shape index (κ1) is 11.4. The van der Waals surface area contributed by atoms with E-state index in [0.29, 0.717) is 28.7 Å². The molecule has 0 saturated carbocycles. The van der Waals surface area contributed by atoms with Gasteiger partial charge in [0, 0.05) is 13.0 Å². The second-order valence-corrected chi connectivity index (χ2v) is 4.97. The van der Waals surface area contributed by atoms with Crippen molar-refractivity contribution in [3.8, 4) is 6.07 Å². The van der Waals surface area contributed by atoms with E-state index in [1.54, 1.807) is 23.1 Å². The standard InChI is InChI=1S/C11H8BrClN2O/c12-11-7(5-14)2-1-3-9(11)15-6-8(13)4-10(15)16/h1-3,8H,4,6H2. The largest absolute Gasteiger partial charge is 0.310 e. The molecule has 1 unspecified atom stereocenters. The van der Waals surface area contributed by atoms with Crippen LogP contribution in [-0.4, -0.2) is 17.8 Å². The molecule has 0 aromatic heterocycles. The molecule has 16 heavy (non-hydrogen) atoms. The van der Waals surface area contributed by atoms with E-state index in [2.05, 4.69) is 22.0 Å². The molecular formula is C11H8BrClN2O. The van der Waals surface area contributed by atoms with E-state index in [9.17, 15) is 4.79 Å². The minimum atomic E-state index is -0.148. The molecule has 0 bridgehead atoms. The molecule has 1 atom stereocenters. The van der Waals surface area contributed by atoms with Crippen LogP contribution in [-0.2, 0) is 4.79 Å². The summed E-state index contributed by atoms with van der Waals surface area (Å²) in [5.74, 6) is -0.00390. The molecule has 2 rings (SSSR count). The summed E-state index contributed by atoms with van der Waals surface area (Å²) in [7, 11) is 0. The lowest BCUT2D eigenvalue weighted by atomic mass is 10.2. The lowest BCUT2D eigenvalue weighted by Crippen LogP contribution is -2.25. The number of rotatable bonds is 1. The molecule has 0 radical (unpaired) electrons. The van der Waals surface area contributed by atoms with Gasteiger partial charge in [-0.15, -0.1) is 11.6 Å². The third kappa shape index (κ3) is 1.93. The average molecular weight is 300 g/mol. The summed E-state index contributed by atoms with van der Waals surface area (Å²) in [4.78, 5) is 13.3. The smallest absolute Gasteiger partial charge is 0.228 e. The first-order valence-corrected chi connectivity index (χ1v) is 5.99. The molecule has 1 saturated heterocycles. The zero-order valence-corrected chi connectivity index (χ0v) is 10.6. The highest BCUT2D eigenvalue weighted by Crippen LogP contribution is 2.33. The van der Waals surface area contributed by atoms with Crippen LogP contribution in [0.1, 0.15) is 12.0 Å². The Bertz CT molecular complexity index is 483. The second kappa shape index (κ2) is 4.44. The zero-order valence-electron chi connectivity index (χ0n) is 8.28. The molecule has 1 fully saturated rings. The van der Waals surface area contributed by atoms with Crippen molar-refractivity contribution in [1.82, 2.24) is 0 Å². The van der Waals surface area contributed by atoms with Crippen molar-refractivity contribution >= 4 is 39.1 Å². The van der Waals surface area contributed by atoms with Gasteiger partial charge in [-0.3, -0.25) is 4.79 Å². The molecule has 0 aliphatic carbocycles. The summed E-state index contributed by atoms with van der Waals surface area (Å²) in [6.45, 7) is 0.494. The van der Waals surface area contributed by atoms with E-state index in [1.807, 2.05) is 0 Å². The Kier molecular flexibility index (Phi) is 3.17. The molecule has 1 aromatic rings. The molecule has 3 nitrogen and oxygen atoms in total. The van der Waals surface area contributed by atoms with Crippen LogP contribution >= 0.6 is 27.5 Å². The van der Waals surface area contributed by atoms with Gasteiger partial charge in [-0.2, -0.15) is 5.26 Å². The molecular weight excluding hydrogens is 291 g/mol. The van der Waals surface area contributed by atoms with E-state index in [-0.39, 0.29) is 11.3 Å². The normalized spacial score (nSPS) is 19.9. The molecule has 1 aliphatic heterocycles. The molecule has 1 heterocycles. The number of nitrogens with zero attached hydrogens (tertiary/aromatic N) is 2.